The van der Waals surface area contributed by atoms with Crippen molar-refractivity contribution in [3.8, 4) is 6.07 Å². The van der Waals surface area contributed by atoms with Crippen LogP contribution in [0.25, 0.3) is 0 Å². The molecule has 1 aliphatic rings. The third kappa shape index (κ3) is 3.41. The molecule has 0 aliphatic carbocycles. The summed E-state index contributed by atoms with van der Waals surface area (Å²) in [5.41, 5.74) is 4.96. The van der Waals surface area contributed by atoms with Crippen molar-refractivity contribution in [2.75, 3.05) is 13.7 Å². The predicted molar refractivity (Wildman–Crippen MR) is 86.8 cm³/mol. The van der Waals surface area contributed by atoms with Crippen molar-refractivity contribution >= 4 is 5.97 Å². The van der Waals surface area contributed by atoms with Crippen LogP contribution in [0.5, 0.6) is 0 Å². The van der Waals surface area contributed by atoms with E-state index in [4.69, 9.17) is 10.00 Å². The number of rotatable bonds is 3. The lowest BCUT2D eigenvalue weighted by Crippen LogP contribution is -2.30. The number of ether oxygens (including phenoxy) is 1. The molecular weight excluding hydrogens is 288 g/mol. The fourth-order valence-corrected chi connectivity index (χ4v) is 2.94. The minimum absolute atomic E-state index is 0.294. The van der Waals surface area contributed by atoms with Gasteiger partial charge in [-0.2, -0.15) is 5.26 Å². The van der Waals surface area contributed by atoms with Crippen LogP contribution in [0, 0.1) is 11.3 Å². The minimum Gasteiger partial charge on any atom is -0.465 e. The van der Waals surface area contributed by atoms with Gasteiger partial charge in [-0.15, -0.1) is 0 Å². The zero-order valence-electron chi connectivity index (χ0n) is 13.1. The molecule has 4 heteroatoms. The summed E-state index contributed by atoms with van der Waals surface area (Å²) >= 11 is 0. The van der Waals surface area contributed by atoms with E-state index in [0.29, 0.717) is 11.1 Å². The molecule has 1 aliphatic heterocycles. The SMILES string of the molecule is COC(=O)c1ccc2c(c1)CN(Cc1ccc(C#N)cc1)CC2. The molecule has 0 fully saturated rings. The number of nitrogens with zero attached hydrogens (tertiary/aromatic N) is 2. The topological polar surface area (TPSA) is 53.3 Å². The van der Waals surface area contributed by atoms with Crippen molar-refractivity contribution in [2.24, 2.45) is 0 Å². The third-order valence-corrected chi connectivity index (χ3v) is 4.21. The number of hydrogen-bond donors (Lipinski definition) is 0. The molecule has 0 radical (unpaired) electrons. The molecule has 3 rings (SSSR count). The van der Waals surface area contributed by atoms with Gasteiger partial charge in [0.1, 0.15) is 0 Å². The van der Waals surface area contributed by atoms with Crippen LogP contribution in [0.15, 0.2) is 42.5 Å². The van der Waals surface area contributed by atoms with Gasteiger partial charge in [-0.25, -0.2) is 4.79 Å². The number of methoxy groups -OCH3 is 1. The normalized spacial score (nSPS) is 13.9. The van der Waals surface area contributed by atoms with Gasteiger partial charge in [-0.1, -0.05) is 18.2 Å². The lowest BCUT2D eigenvalue weighted by Gasteiger charge is -2.29. The summed E-state index contributed by atoms with van der Waals surface area (Å²) in [6.07, 6.45) is 0.979. The first-order valence-electron chi connectivity index (χ1n) is 7.61. The van der Waals surface area contributed by atoms with Gasteiger partial charge in [0.15, 0.2) is 0 Å². The molecule has 0 bridgehead atoms. The molecule has 0 amide bonds. The molecule has 2 aromatic rings. The lowest BCUT2D eigenvalue weighted by atomic mass is 9.97. The summed E-state index contributed by atoms with van der Waals surface area (Å²) < 4.78 is 4.79. The zero-order chi connectivity index (χ0) is 16.2. The quantitative estimate of drug-likeness (QED) is 0.818. The molecule has 0 N–H and O–H groups in total. The Bertz CT molecular complexity index is 760. The van der Waals surface area contributed by atoms with Gasteiger partial charge in [-0.3, -0.25) is 4.90 Å². The molecule has 0 aromatic heterocycles. The second-order valence-electron chi connectivity index (χ2n) is 5.74. The first-order valence-corrected chi connectivity index (χ1v) is 7.61. The van der Waals surface area contributed by atoms with Gasteiger partial charge in [0, 0.05) is 19.6 Å². The highest BCUT2D eigenvalue weighted by Crippen LogP contribution is 2.22. The van der Waals surface area contributed by atoms with Gasteiger partial charge in [0.2, 0.25) is 0 Å². The molecule has 23 heavy (non-hydrogen) atoms. The van der Waals surface area contributed by atoms with E-state index in [-0.39, 0.29) is 5.97 Å². The van der Waals surface area contributed by atoms with Crippen LogP contribution < -0.4 is 0 Å². The number of hydrogen-bond acceptors (Lipinski definition) is 4. The fourth-order valence-electron chi connectivity index (χ4n) is 2.94. The predicted octanol–water partition coefficient (Wildman–Crippen LogP) is 2.90. The van der Waals surface area contributed by atoms with Crippen LogP contribution in [0.3, 0.4) is 0 Å². The number of benzene rings is 2. The van der Waals surface area contributed by atoms with Crippen LogP contribution in [-0.4, -0.2) is 24.5 Å². The fraction of sp³-hybridized carbons (Fsp3) is 0.263. The van der Waals surface area contributed by atoms with E-state index in [0.717, 1.165) is 26.1 Å². The van der Waals surface area contributed by atoms with Crippen molar-refractivity contribution in [2.45, 2.75) is 19.5 Å². The van der Waals surface area contributed by atoms with Crippen LogP contribution in [0.4, 0.5) is 0 Å². The van der Waals surface area contributed by atoms with Crippen molar-refractivity contribution in [1.29, 1.82) is 5.26 Å². The van der Waals surface area contributed by atoms with E-state index in [1.807, 2.05) is 42.5 Å². The Morgan fingerprint density at radius 3 is 2.70 bits per heavy atom. The molecular formula is C19H18N2O2. The van der Waals surface area contributed by atoms with E-state index >= 15 is 0 Å². The van der Waals surface area contributed by atoms with Crippen LogP contribution in [0.1, 0.15) is 32.6 Å². The third-order valence-electron chi connectivity index (χ3n) is 4.21. The van der Waals surface area contributed by atoms with Crippen molar-refractivity contribution in [1.82, 2.24) is 4.90 Å². The van der Waals surface area contributed by atoms with Crippen molar-refractivity contribution in [3.63, 3.8) is 0 Å². The Morgan fingerprint density at radius 2 is 2.00 bits per heavy atom. The largest absolute Gasteiger partial charge is 0.465 e. The average Bonchev–Trinajstić information content (AvgIpc) is 2.61. The standard InChI is InChI=1S/C19H18N2O2/c1-23-19(22)17-7-6-16-8-9-21(13-18(16)10-17)12-15-4-2-14(11-20)3-5-15/h2-7,10H,8-9,12-13H2,1H3. The Hall–Kier alpha value is -2.64. The van der Waals surface area contributed by atoms with Crippen LogP contribution in [0.2, 0.25) is 0 Å². The van der Waals surface area contributed by atoms with Gasteiger partial charge in [-0.05, 0) is 47.4 Å². The Labute approximate surface area is 135 Å². The highest BCUT2D eigenvalue weighted by molar-refractivity contribution is 5.89. The second kappa shape index (κ2) is 6.64. The number of carbonyl (C=O) groups is 1. The summed E-state index contributed by atoms with van der Waals surface area (Å²) in [6, 6.07) is 15.6. The van der Waals surface area contributed by atoms with Gasteiger partial charge < -0.3 is 4.74 Å². The molecule has 1 heterocycles. The van der Waals surface area contributed by atoms with Crippen molar-refractivity contribution in [3.05, 3.63) is 70.3 Å². The van der Waals surface area contributed by atoms with E-state index in [2.05, 4.69) is 11.0 Å². The molecule has 0 saturated heterocycles. The Morgan fingerprint density at radius 1 is 1.22 bits per heavy atom. The maximum absolute atomic E-state index is 11.7. The summed E-state index contributed by atoms with van der Waals surface area (Å²) in [6.45, 7) is 2.65. The van der Waals surface area contributed by atoms with Crippen molar-refractivity contribution < 1.29 is 9.53 Å². The number of nitriles is 1. The summed E-state index contributed by atoms with van der Waals surface area (Å²) in [7, 11) is 1.40. The Kier molecular flexibility index (Phi) is 4.40. The van der Waals surface area contributed by atoms with E-state index in [1.54, 1.807) is 0 Å². The maximum Gasteiger partial charge on any atom is 0.337 e. The van der Waals surface area contributed by atoms with Crippen LogP contribution in [-0.2, 0) is 24.2 Å². The number of esters is 1. The molecule has 0 atom stereocenters. The molecule has 116 valence electrons. The first kappa shape index (κ1) is 15.3. The first-order chi connectivity index (χ1) is 11.2. The monoisotopic (exact) mass is 306 g/mol. The van der Waals surface area contributed by atoms with Gasteiger partial charge >= 0.3 is 5.97 Å². The minimum atomic E-state index is -0.294. The molecule has 0 unspecified atom stereocenters. The molecule has 0 saturated carbocycles. The van der Waals surface area contributed by atoms with Gasteiger partial charge in [0.25, 0.3) is 0 Å². The molecule has 0 spiro atoms. The summed E-state index contributed by atoms with van der Waals surface area (Å²) in [5.74, 6) is -0.294. The molecule has 4 nitrogen and oxygen atoms in total. The number of carbonyl (C=O) groups excluding carboxylic acids is 1. The maximum atomic E-state index is 11.7. The summed E-state index contributed by atoms with van der Waals surface area (Å²) in [5, 5.41) is 8.85. The molecule has 2 aromatic carbocycles. The highest BCUT2D eigenvalue weighted by Gasteiger charge is 2.18. The highest BCUT2D eigenvalue weighted by atomic mass is 16.5. The average molecular weight is 306 g/mol. The van der Waals surface area contributed by atoms with Crippen LogP contribution >= 0.6 is 0 Å². The lowest BCUT2D eigenvalue weighted by molar-refractivity contribution is 0.0600. The smallest absolute Gasteiger partial charge is 0.337 e. The van der Waals surface area contributed by atoms with E-state index < -0.39 is 0 Å². The Balaban J connectivity index is 1.73. The summed E-state index contributed by atoms with van der Waals surface area (Å²) in [4.78, 5) is 14.0. The number of fused-ring (bicyclic) bond motifs is 1. The van der Waals surface area contributed by atoms with E-state index in [9.17, 15) is 4.79 Å². The van der Waals surface area contributed by atoms with Gasteiger partial charge in [0.05, 0.1) is 24.3 Å². The second-order valence-corrected chi connectivity index (χ2v) is 5.74. The zero-order valence-corrected chi connectivity index (χ0v) is 13.1. The van der Waals surface area contributed by atoms with E-state index in [1.165, 1.54) is 23.8 Å².